The first kappa shape index (κ1) is 16.6. The molecule has 0 bridgehead atoms. The second-order valence-corrected chi connectivity index (χ2v) is 5.57. The molecule has 1 N–H and O–H groups in total. The van der Waals surface area contributed by atoms with Gasteiger partial charge in [0.05, 0.1) is 0 Å². The molecule has 0 aromatic heterocycles. The Morgan fingerprint density at radius 3 is 2.50 bits per heavy atom. The van der Waals surface area contributed by atoms with Gasteiger partial charge in [0.1, 0.15) is 0 Å². The maximum Gasteiger partial charge on any atom is 0.193 e. The van der Waals surface area contributed by atoms with Crippen molar-refractivity contribution in [3.63, 3.8) is 0 Å². The summed E-state index contributed by atoms with van der Waals surface area (Å²) < 4.78 is 0. The van der Waals surface area contributed by atoms with Crippen molar-refractivity contribution < 1.29 is 0 Å². The molecule has 1 atom stereocenters. The van der Waals surface area contributed by atoms with Gasteiger partial charge in [-0.25, -0.2) is 0 Å². The minimum Gasteiger partial charge on any atom is -0.353 e. The maximum atomic E-state index is 4.36. The van der Waals surface area contributed by atoms with Crippen molar-refractivity contribution in [1.82, 2.24) is 15.1 Å². The molecule has 1 aromatic rings. The molecule has 1 aliphatic heterocycles. The molecule has 0 saturated carbocycles. The highest BCUT2D eigenvalue weighted by atomic mass is 15.3. The molecule has 1 heterocycles. The molecule has 4 nitrogen and oxygen atoms in total. The lowest BCUT2D eigenvalue weighted by molar-refractivity contribution is 0.127. The van der Waals surface area contributed by atoms with Gasteiger partial charge in [-0.1, -0.05) is 43.3 Å². The summed E-state index contributed by atoms with van der Waals surface area (Å²) in [5.74, 6) is 0.979. The van der Waals surface area contributed by atoms with Gasteiger partial charge in [0.25, 0.3) is 0 Å². The smallest absolute Gasteiger partial charge is 0.193 e. The third kappa shape index (κ3) is 4.10. The molecular formula is C18H28N4. The van der Waals surface area contributed by atoms with Gasteiger partial charge < -0.3 is 10.2 Å². The van der Waals surface area contributed by atoms with Crippen molar-refractivity contribution >= 4 is 5.96 Å². The van der Waals surface area contributed by atoms with Crippen molar-refractivity contribution in [1.29, 1.82) is 0 Å². The highest BCUT2D eigenvalue weighted by Gasteiger charge is 2.24. The molecular weight excluding hydrogens is 272 g/mol. The topological polar surface area (TPSA) is 30.9 Å². The molecule has 120 valence electrons. The highest BCUT2D eigenvalue weighted by molar-refractivity contribution is 5.80. The lowest BCUT2D eigenvalue weighted by Crippen LogP contribution is -2.53. The van der Waals surface area contributed by atoms with Crippen LogP contribution in [0.2, 0.25) is 0 Å². The Bertz CT molecular complexity index is 475. The molecule has 0 spiro atoms. The van der Waals surface area contributed by atoms with Crippen molar-refractivity contribution in [3.8, 4) is 0 Å². The van der Waals surface area contributed by atoms with Crippen LogP contribution in [0.15, 0.2) is 48.0 Å². The summed E-state index contributed by atoms with van der Waals surface area (Å²) in [6, 6.07) is 11.4. The minimum atomic E-state index is 0.520. The molecule has 1 aliphatic rings. The highest BCUT2D eigenvalue weighted by Crippen LogP contribution is 2.25. The number of nitrogens with one attached hydrogen (secondary N) is 1. The average Bonchev–Trinajstić information content (AvgIpc) is 2.58. The zero-order valence-corrected chi connectivity index (χ0v) is 13.8. The minimum absolute atomic E-state index is 0.520. The summed E-state index contributed by atoms with van der Waals surface area (Å²) in [6.45, 7) is 10.9. The van der Waals surface area contributed by atoms with E-state index in [9.17, 15) is 0 Å². The monoisotopic (exact) mass is 300 g/mol. The molecule has 0 amide bonds. The fraction of sp³-hybridized carbons (Fsp3) is 0.500. The van der Waals surface area contributed by atoms with E-state index < -0.39 is 0 Å². The fourth-order valence-electron chi connectivity index (χ4n) is 3.12. The Balaban J connectivity index is 1.94. The number of guanidine groups is 1. The second-order valence-electron chi connectivity index (χ2n) is 5.57. The Hall–Kier alpha value is -1.81. The summed E-state index contributed by atoms with van der Waals surface area (Å²) in [7, 11) is 1.84. The molecule has 2 rings (SSSR count). The largest absolute Gasteiger partial charge is 0.353 e. The number of hydrogen-bond acceptors (Lipinski definition) is 2. The number of nitrogens with zero attached hydrogens (tertiary/aromatic N) is 3. The summed E-state index contributed by atoms with van der Waals surface area (Å²) in [6.07, 6.45) is 3.01. The van der Waals surface area contributed by atoms with Crippen LogP contribution in [0.4, 0.5) is 0 Å². The van der Waals surface area contributed by atoms with Crippen LogP contribution in [-0.4, -0.2) is 55.5 Å². The second kappa shape index (κ2) is 8.59. The normalized spacial score (nSPS) is 18.1. The van der Waals surface area contributed by atoms with E-state index >= 15 is 0 Å². The summed E-state index contributed by atoms with van der Waals surface area (Å²) in [5, 5.41) is 3.32. The zero-order chi connectivity index (χ0) is 15.8. The van der Waals surface area contributed by atoms with Gasteiger partial charge in [0, 0.05) is 45.8 Å². The summed E-state index contributed by atoms with van der Waals surface area (Å²) in [4.78, 5) is 9.28. The summed E-state index contributed by atoms with van der Waals surface area (Å²) >= 11 is 0. The maximum absolute atomic E-state index is 4.36. The van der Waals surface area contributed by atoms with Crippen LogP contribution < -0.4 is 5.32 Å². The predicted molar refractivity (Wildman–Crippen MR) is 94.2 cm³/mol. The predicted octanol–water partition coefficient (Wildman–Crippen LogP) is 2.52. The number of hydrogen-bond donors (Lipinski definition) is 1. The molecule has 1 unspecified atom stereocenters. The van der Waals surface area contributed by atoms with Crippen LogP contribution in [0.5, 0.6) is 0 Å². The van der Waals surface area contributed by atoms with Crippen molar-refractivity contribution in [3.05, 3.63) is 48.6 Å². The Morgan fingerprint density at radius 1 is 1.27 bits per heavy atom. The first-order chi connectivity index (χ1) is 10.8. The molecule has 0 radical (unpaired) electrons. The molecule has 1 saturated heterocycles. The quantitative estimate of drug-likeness (QED) is 0.515. The van der Waals surface area contributed by atoms with Gasteiger partial charge in [-0.15, -0.1) is 6.58 Å². The van der Waals surface area contributed by atoms with Crippen molar-refractivity contribution in [2.75, 3.05) is 39.8 Å². The molecule has 22 heavy (non-hydrogen) atoms. The van der Waals surface area contributed by atoms with Gasteiger partial charge in [-0.3, -0.25) is 9.89 Å². The number of rotatable bonds is 5. The SMILES string of the molecule is C=CCNC(=NC)N1CCN(C(CC)c2ccccc2)CC1. The van der Waals surface area contributed by atoms with E-state index in [0.717, 1.165) is 45.1 Å². The van der Waals surface area contributed by atoms with Gasteiger partial charge in [-0.05, 0) is 12.0 Å². The van der Waals surface area contributed by atoms with E-state index in [-0.39, 0.29) is 0 Å². The average molecular weight is 300 g/mol. The first-order valence-corrected chi connectivity index (χ1v) is 8.15. The van der Waals surface area contributed by atoms with Crippen LogP contribution in [-0.2, 0) is 0 Å². The van der Waals surface area contributed by atoms with Gasteiger partial charge in [0.15, 0.2) is 5.96 Å². The van der Waals surface area contributed by atoms with E-state index in [2.05, 4.69) is 63.9 Å². The summed E-state index contributed by atoms with van der Waals surface area (Å²) in [5.41, 5.74) is 1.42. The van der Waals surface area contributed by atoms with Crippen LogP contribution in [0, 0.1) is 0 Å². The van der Waals surface area contributed by atoms with E-state index in [1.54, 1.807) is 0 Å². The molecule has 1 aromatic carbocycles. The molecule has 4 heteroatoms. The lowest BCUT2D eigenvalue weighted by atomic mass is 10.0. The van der Waals surface area contributed by atoms with E-state index in [4.69, 9.17) is 0 Å². The molecule has 0 aliphatic carbocycles. The van der Waals surface area contributed by atoms with E-state index in [0.29, 0.717) is 6.04 Å². The Kier molecular flexibility index (Phi) is 6.46. The van der Waals surface area contributed by atoms with Crippen LogP contribution >= 0.6 is 0 Å². The number of benzene rings is 1. The standard InChI is InChI=1S/C18H28N4/c1-4-11-20-18(19-3)22-14-12-21(13-15-22)17(5-2)16-9-7-6-8-10-16/h4,6-10,17H,1,5,11-15H2,2-3H3,(H,19,20). The van der Waals surface area contributed by atoms with Gasteiger partial charge in [0.2, 0.25) is 0 Å². The van der Waals surface area contributed by atoms with Crippen molar-refractivity contribution in [2.45, 2.75) is 19.4 Å². The number of aliphatic imine (C=N–C) groups is 1. The van der Waals surface area contributed by atoms with Crippen molar-refractivity contribution in [2.24, 2.45) is 4.99 Å². The lowest BCUT2D eigenvalue weighted by Gasteiger charge is -2.40. The van der Waals surface area contributed by atoms with Crippen LogP contribution in [0.1, 0.15) is 24.9 Å². The molecule has 1 fully saturated rings. The third-order valence-corrected chi connectivity index (χ3v) is 4.24. The van der Waals surface area contributed by atoms with E-state index in [1.807, 2.05) is 13.1 Å². The Labute approximate surface area is 134 Å². The zero-order valence-electron chi connectivity index (χ0n) is 13.8. The van der Waals surface area contributed by atoms with Gasteiger partial charge in [-0.2, -0.15) is 0 Å². The van der Waals surface area contributed by atoms with E-state index in [1.165, 1.54) is 5.56 Å². The number of piperazine rings is 1. The Morgan fingerprint density at radius 2 is 1.95 bits per heavy atom. The first-order valence-electron chi connectivity index (χ1n) is 8.15. The third-order valence-electron chi connectivity index (χ3n) is 4.24. The van der Waals surface area contributed by atoms with Gasteiger partial charge >= 0.3 is 0 Å². The fourth-order valence-corrected chi connectivity index (χ4v) is 3.12. The van der Waals surface area contributed by atoms with Crippen LogP contribution in [0.25, 0.3) is 0 Å². The van der Waals surface area contributed by atoms with Crippen LogP contribution in [0.3, 0.4) is 0 Å².